The smallest absolute Gasteiger partial charge is 0.230 e. The van der Waals surface area contributed by atoms with Crippen molar-refractivity contribution in [2.24, 2.45) is 0 Å². The number of H-pyrrole nitrogens is 1. The van der Waals surface area contributed by atoms with Crippen LogP contribution in [0.4, 0.5) is 5.95 Å². The van der Waals surface area contributed by atoms with Crippen molar-refractivity contribution in [1.29, 1.82) is 0 Å². The predicted octanol–water partition coefficient (Wildman–Crippen LogP) is 1.19. The molecule has 0 fully saturated rings. The average molecular weight is 231 g/mol. The summed E-state index contributed by atoms with van der Waals surface area (Å²) >= 11 is 0. The van der Waals surface area contributed by atoms with Crippen molar-refractivity contribution >= 4 is 17.0 Å². The highest BCUT2D eigenvalue weighted by molar-refractivity contribution is 5.80. The Bertz CT molecular complexity index is 556. The largest absolute Gasteiger partial charge is 0.461 e. The fraction of sp³-hybridized carbons (Fsp3) is 0.364. The van der Waals surface area contributed by atoms with E-state index in [4.69, 9.17) is 11.2 Å². The van der Waals surface area contributed by atoms with Crippen LogP contribution in [0.3, 0.4) is 0 Å². The Labute approximate surface area is 98.8 Å². The standard InChI is InChI=1S/C11H13N5O/c1-4-7(3)17-10-8-6-13-16-9(8)14-11(15-10)12-5-2/h1,6-7H,5H2,2-3H3,(H2,12,13,14,15,16). The Hall–Kier alpha value is -2.29. The van der Waals surface area contributed by atoms with Gasteiger partial charge in [-0.3, -0.25) is 5.10 Å². The Morgan fingerprint density at radius 3 is 3.12 bits per heavy atom. The summed E-state index contributed by atoms with van der Waals surface area (Å²) in [4.78, 5) is 8.50. The van der Waals surface area contributed by atoms with Crippen LogP contribution in [0.5, 0.6) is 5.88 Å². The van der Waals surface area contributed by atoms with Gasteiger partial charge in [-0.25, -0.2) is 0 Å². The normalized spacial score (nSPS) is 12.1. The van der Waals surface area contributed by atoms with E-state index in [-0.39, 0.29) is 6.10 Å². The van der Waals surface area contributed by atoms with E-state index in [0.29, 0.717) is 22.9 Å². The van der Waals surface area contributed by atoms with Crippen molar-refractivity contribution < 1.29 is 4.74 Å². The lowest BCUT2D eigenvalue weighted by atomic mass is 10.4. The molecule has 0 spiro atoms. The first-order valence-electron chi connectivity index (χ1n) is 5.32. The monoisotopic (exact) mass is 231 g/mol. The van der Waals surface area contributed by atoms with Crippen LogP contribution in [0.2, 0.25) is 0 Å². The van der Waals surface area contributed by atoms with Gasteiger partial charge in [-0.15, -0.1) is 6.42 Å². The first-order valence-corrected chi connectivity index (χ1v) is 5.32. The highest BCUT2D eigenvalue weighted by Gasteiger charge is 2.12. The lowest BCUT2D eigenvalue weighted by Crippen LogP contribution is -2.11. The maximum atomic E-state index is 5.53. The summed E-state index contributed by atoms with van der Waals surface area (Å²) in [5.74, 6) is 3.41. The van der Waals surface area contributed by atoms with E-state index in [1.165, 1.54) is 0 Å². The molecule has 0 aliphatic carbocycles. The first-order chi connectivity index (χ1) is 8.24. The van der Waals surface area contributed by atoms with E-state index in [9.17, 15) is 0 Å². The number of aromatic nitrogens is 4. The molecule has 0 saturated carbocycles. The van der Waals surface area contributed by atoms with Crippen LogP contribution in [0.25, 0.3) is 11.0 Å². The third kappa shape index (κ3) is 2.28. The lowest BCUT2D eigenvalue weighted by molar-refractivity contribution is 0.272. The van der Waals surface area contributed by atoms with Gasteiger partial charge in [0.2, 0.25) is 11.8 Å². The maximum Gasteiger partial charge on any atom is 0.230 e. The van der Waals surface area contributed by atoms with Gasteiger partial charge in [0.05, 0.1) is 6.20 Å². The van der Waals surface area contributed by atoms with Gasteiger partial charge in [-0.1, -0.05) is 5.92 Å². The van der Waals surface area contributed by atoms with Crippen LogP contribution in [-0.2, 0) is 0 Å². The number of aromatic amines is 1. The molecule has 0 saturated heterocycles. The third-order valence-electron chi connectivity index (χ3n) is 2.13. The minimum Gasteiger partial charge on any atom is -0.461 e. The van der Waals surface area contributed by atoms with Crippen molar-refractivity contribution in [2.45, 2.75) is 20.0 Å². The number of nitrogens with one attached hydrogen (secondary N) is 2. The summed E-state index contributed by atoms with van der Waals surface area (Å²) < 4.78 is 5.53. The number of ether oxygens (including phenoxy) is 1. The van der Waals surface area contributed by atoms with Crippen molar-refractivity contribution in [1.82, 2.24) is 20.2 Å². The molecule has 1 atom stereocenters. The molecule has 17 heavy (non-hydrogen) atoms. The second-order valence-corrected chi connectivity index (χ2v) is 3.44. The Morgan fingerprint density at radius 1 is 1.59 bits per heavy atom. The van der Waals surface area contributed by atoms with Gasteiger partial charge < -0.3 is 10.1 Å². The Kier molecular flexibility index (Phi) is 3.10. The van der Waals surface area contributed by atoms with Crippen LogP contribution >= 0.6 is 0 Å². The fourth-order valence-electron chi connectivity index (χ4n) is 1.34. The van der Waals surface area contributed by atoms with Gasteiger partial charge in [-0.05, 0) is 13.8 Å². The summed E-state index contributed by atoms with van der Waals surface area (Å²) in [7, 11) is 0. The molecule has 2 aromatic rings. The van der Waals surface area contributed by atoms with Crippen LogP contribution in [0.1, 0.15) is 13.8 Å². The van der Waals surface area contributed by atoms with Crippen LogP contribution < -0.4 is 10.1 Å². The predicted molar refractivity (Wildman–Crippen MR) is 64.8 cm³/mol. The highest BCUT2D eigenvalue weighted by Crippen LogP contribution is 2.22. The molecular formula is C11H13N5O. The molecule has 0 amide bonds. The topological polar surface area (TPSA) is 75.7 Å². The number of nitrogens with zero attached hydrogens (tertiary/aromatic N) is 3. The SMILES string of the molecule is C#CC(C)Oc1nc(NCC)nc2[nH]ncc12. The van der Waals surface area contributed by atoms with Gasteiger partial charge >= 0.3 is 0 Å². The zero-order valence-corrected chi connectivity index (χ0v) is 9.69. The van der Waals surface area contributed by atoms with Gasteiger partial charge in [0.1, 0.15) is 5.39 Å². The number of rotatable bonds is 4. The minimum atomic E-state index is -0.350. The van der Waals surface area contributed by atoms with Gasteiger partial charge in [0.25, 0.3) is 0 Å². The van der Waals surface area contributed by atoms with Crippen LogP contribution in [-0.4, -0.2) is 32.8 Å². The molecule has 2 rings (SSSR count). The number of fused-ring (bicyclic) bond motifs is 1. The van der Waals surface area contributed by atoms with Gasteiger partial charge in [-0.2, -0.15) is 15.1 Å². The van der Waals surface area contributed by atoms with Crippen LogP contribution in [0.15, 0.2) is 6.20 Å². The van der Waals surface area contributed by atoms with Crippen molar-refractivity contribution in [3.63, 3.8) is 0 Å². The summed E-state index contributed by atoms with van der Waals surface area (Å²) in [6, 6.07) is 0. The molecule has 88 valence electrons. The van der Waals surface area contributed by atoms with E-state index in [2.05, 4.69) is 31.4 Å². The highest BCUT2D eigenvalue weighted by atomic mass is 16.5. The summed E-state index contributed by atoms with van der Waals surface area (Å²) in [5.41, 5.74) is 0.621. The Balaban J connectivity index is 2.43. The first kappa shape index (κ1) is 11.2. The van der Waals surface area contributed by atoms with E-state index in [1.807, 2.05) is 6.92 Å². The summed E-state index contributed by atoms with van der Waals surface area (Å²) in [6.07, 6.45) is 6.54. The molecule has 0 radical (unpaired) electrons. The summed E-state index contributed by atoms with van der Waals surface area (Å²) in [5, 5.41) is 10.4. The number of hydrogen-bond donors (Lipinski definition) is 2. The van der Waals surface area contributed by atoms with E-state index in [1.54, 1.807) is 13.1 Å². The van der Waals surface area contributed by atoms with Crippen LogP contribution in [0, 0.1) is 12.3 Å². The number of terminal acetylenes is 1. The molecule has 2 heterocycles. The molecule has 2 aromatic heterocycles. The summed E-state index contributed by atoms with van der Waals surface area (Å²) in [6.45, 7) is 4.47. The number of hydrogen-bond acceptors (Lipinski definition) is 5. The minimum absolute atomic E-state index is 0.350. The zero-order chi connectivity index (χ0) is 12.3. The maximum absolute atomic E-state index is 5.53. The third-order valence-corrected chi connectivity index (χ3v) is 2.13. The second kappa shape index (κ2) is 4.70. The molecule has 2 N–H and O–H groups in total. The molecule has 0 bridgehead atoms. The van der Waals surface area contributed by atoms with Crippen molar-refractivity contribution in [3.05, 3.63) is 6.20 Å². The fourth-order valence-corrected chi connectivity index (χ4v) is 1.34. The average Bonchev–Trinajstić information content (AvgIpc) is 2.77. The zero-order valence-electron chi connectivity index (χ0n) is 9.69. The number of anilines is 1. The van der Waals surface area contributed by atoms with Gasteiger partial charge in [0.15, 0.2) is 11.8 Å². The molecule has 6 nitrogen and oxygen atoms in total. The molecule has 0 aromatic carbocycles. The van der Waals surface area contributed by atoms with E-state index in [0.717, 1.165) is 6.54 Å². The molecule has 6 heteroatoms. The Morgan fingerprint density at radius 2 is 2.41 bits per heavy atom. The molecule has 0 aliphatic heterocycles. The van der Waals surface area contributed by atoms with Gasteiger partial charge in [0, 0.05) is 6.54 Å². The molecule has 1 unspecified atom stereocenters. The van der Waals surface area contributed by atoms with Crippen molar-refractivity contribution in [3.8, 4) is 18.2 Å². The van der Waals surface area contributed by atoms with Crippen molar-refractivity contribution in [2.75, 3.05) is 11.9 Å². The molecular weight excluding hydrogens is 218 g/mol. The molecule has 0 aliphatic rings. The van der Waals surface area contributed by atoms with E-state index >= 15 is 0 Å². The second-order valence-electron chi connectivity index (χ2n) is 3.44. The van der Waals surface area contributed by atoms with E-state index < -0.39 is 0 Å². The lowest BCUT2D eigenvalue weighted by Gasteiger charge is -2.10. The quantitative estimate of drug-likeness (QED) is 0.773.